The van der Waals surface area contributed by atoms with Gasteiger partial charge >= 0.3 is 0 Å². The molecule has 1 aromatic heterocycles. The van der Waals surface area contributed by atoms with Gasteiger partial charge in [-0.3, -0.25) is 0 Å². The molecule has 1 N–H and O–H groups in total. The first-order valence-corrected chi connectivity index (χ1v) is 12.9. The van der Waals surface area contributed by atoms with E-state index in [-0.39, 0.29) is 15.8 Å². The van der Waals surface area contributed by atoms with Crippen molar-refractivity contribution in [1.82, 2.24) is 9.71 Å². The van der Waals surface area contributed by atoms with Crippen LogP contribution in [0.1, 0.15) is 58.3 Å². The standard InChI is InChI=1S/C16H32N2O2S2Si/c1-12-11-21-14(17-12)13(18-22(19)15(2,3)4)10-20-23(8,9)16(5,6)7/h11,13,18H,10H2,1-9H3/t13-,22?/m1/s1. The molecule has 1 rings (SSSR count). The first-order valence-electron chi connectivity index (χ1n) is 7.98. The van der Waals surface area contributed by atoms with Crippen LogP contribution >= 0.6 is 11.3 Å². The Kier molecular flexibility index (Phi) is 6.92. The maximum absolute atomic E-state index is 12.5. The molecule has 0 aromatic carbocycles. The fourth-order valence-corrected chi connectivity index (χ4v) is 4.22. The van der Waals surface area contributed by atoms with Gasteiger partial charge in [0.1, 0.15) is 15.8 Å². The molecule has 0 amide bonds. The number of rotatable bonds is 6. The molecule has 0 aliphatic heterocycles. The second kappa shape index (κ2) is 7.54. The van der Waals surface area contributed by atoms with Gasteiger partial charge in [0.15, 0.2) is 8.32 Å². The highest BCUT2D eigenvalue weighted by atomic mass is 32.2. The van der Waals surface area contributed by atoms with E-state index in [0.29, 0.717) is 6.61 Å². The highest BCUT2D eigenvalue weighted by Crippen LogP contribution is 2.37. The van der Waals surface area contributed by atoms with E-state index in [1.807, 2.05) is 33.1 Å². The van der Waals surface area contributed by atoms with Gasteiger partial charge in [0.05, 0.1) is 6.61 Å². The molecular weight excluding hydrogens is 344 g/mol. The fourth-order valence-electron chi connectivity index (χ4n) is 1.50. The van der Waals surface area contributed by atoms with E-state index in [0.717, 1.165) is 10.7 Å². The largest absolute Gasteiger partial charge is 0.598 e. The summed E-state index contributed by atoms with van der Waals surface area (Å²) in [5.41, 5.74) is 0.991. The van der Waals surface area contributed by atoms with E-state index in [1.165, 1.54) is 0 Å². The van der Waals surface area contributed by atoms with Crippen LogP contribution in [0.25, 0.3) is 0 Å². The predicted octanol–water partition coefficient (Wildman–Crippen LogP) is 4.57. The first-order chi connectivity index (χ1) is 10.2. The molecule has 0 aliphatic carbocycles. The molecule has 0 aliphatic rings. The first kappa shape index (κ1) is 21.1. The lowest BCUT2D eigenvalue weighted by Gasteiger charge is -2.37. The Morgan fingerprint density at radius 3 is 2.26 bits per heavy atom. The molecule has 0 bridgehead atoms. The Hall–Kier alpha value is 0.0769. The van der Waals surface area contributed by atoms with Crippen LogP contribution in [0.3, 0.4) is 0 Å². The van der Waals surface area contributed by atoms with E-state index in [2.05, 4.69) is 43.6 Å². The van der Waals surface area contributed by atoms with Crippen molar-refractivity contribution in [3.8, 4) is 0 Å². The third-order valence-electron chi connectivity index (χ3n) is 4.16. The molecule has 4 nitrogen and oxygen atoms in total. The van der Waals surface area contributed by atoms with Crippen LogP contribution < -0.4 is 4.72 Å². The van der Waals surface area contributed by atoms with Crippen molar-refractivity contribution < 1.29 is 8.98 Å². The predicted molar refractivity (Wildman–Crippen MR) is 104 cm³/mol. The highest BCUT2D eigenvalue weighted by molar-refractivity contribution is 7.90. The van der Waals surface area contributed by atoms with Gasteiger partial charge in [0, 0.05) is 22.4 Å². The minimum Gasteiger partial charge on any atom is -0.598 e. The smallest absolute Gasteiger partial charge is 0.192 e. The van der Waals surface area contributed by atoms with Crippen LogP contribution in [-0.2, 0) is 15.8 Å². The summed E-state index contributed by atoms with van der Waals surface area (Å²) in [4.78, 5) is 4.57. The third-order valence-corrected chi connectivity index (χ3v) is 11.3. The van der Waals surface area contributed by atoms with Crippen molar-refractivity contribution in [1.29, 1.82) is 0 Å². The van der Waals surface area contributed by atoms with Gasteiger partial charge in [-0.25, -0.2) is 4.98 Å². The minimum atomic E-state index is -1.85. The summed E-state index contributed by atoms with van der Waals surface area (Å²) in [5, 5.41) is 3.12. The molecular formula is C16H32N2O2S2Si. The highest BCUT2D eigenvalue weighted by Gasteiger charge is 2.39. The summed E-state index contributed by atoms with van der Waals surface area (Å²) in [6.45, 7) is 19.5. The lowest BCUT2D eigenvalue weighted by molar-refractivity contribution is 0.256. The maximum atomic E-state index is 12.5. The van der Waals surface area contributed by atoms with Gasteiger partial charge in [-0.05, 0) is 45.8 Å². The zero-order valence-electron chi connectivity index (χ0n) is 15.9. The third kappa shape index (κ3) is 6.14. The number of thiazole rings is 1. The van der Waals surface area contributed by atoms with Gasteiger partial charge in [0.2, 0.25) is 0 Å². The van der Waals surface area contributed by atoms with E-state index >= 15 is 0 Å². The molecule has 1 aromatic rings. The normalized spacial score (nSPS) is 16.4. The molecule has 0 spiro atoms. The zero-order valence-corrected chi connectivity index (χ0v) is 18.6. The van der Waals surface area contributed by atoms with Crippen molar-refractivity contribution >= 4 is 31.0 Å². The van der Waals surface area contributed by atoms with Gasteiger partial charge in [-0.1, -0.05) is 20.8 Å². The van der Waals surface area contributed by atoms with Crippen LogP contribution in [0.5, 0.6) is 0 Å². The molecule has 0 fully saturated rings. The average molecular weight is 377 g/mol. The van der Waals surface area contributed by atoms with E-state index in [4.69, 9.17) is 4.43 Å². The number of aryl methyl sites for hydroxylation is 1. The number of hydrogen-bond acceptors (Lipinski definition) is 5. The second-order valence-corrected chi connectivity index (χ2v) is 16.1. The average Bonchev–Trinajstić information content (AvgIpc) is 2.78. The molecule has 134 valence electrons. The zero-order chi connectivity index (χ0) is 18.1. The monoisotopic (exact) mass is 376 g/mol. The quantitative estimate of drug-likeness (QED) is 0.584. The summed E-state index contributed by atoms with van der Waals surface area (Å²) in [6, 6.07) is -0.136. The van der Waals surface area contributed by atoms with Crippen LogP contribution in [-0.4, -0.2) is 29.2 Å². The lowest BCUT2D eigenvalue weighted by atomic mass is 10.2. The fraction of sp³-hybridized carbons (Fsp3) is 0.812. The van der Waals surface area contributed by atoms with E-state index in [9.17, 15) is 4.55 Å². The Balaban J connectivity index is 2.89. The number of hydrogen-bond donors (Lipinski definition) is 1. The van der Waals surface area contributed by atoms with E-state index < -0.39 is 19.7 Å². The summed E-state index contributed by atoms with van der Waals surface area (Å²) >= 11 is 0.440. The van der Waals surface area contributed by atoms with Crippen LogP contribution in [0.15, 0.2) is 5.38 Å². The van der Waals surface area contributed by atoms with Crippen molar-refractivity contribution in [2.24, 2.45) is 0 Å². The Labute approximate surface area is 149 Å². The van der Waals surface area contributed by atoms with Gasteiger partial charge < -0.3 is 8.98 Å². The molecule has 0 radical (unpaired) electrons. The minimum absolute atomic E-state index is 0.136. The van der Waals surface area contributed by atoms with Crippen LogP contribution in [0, 0.1) is 6.92 Å². The Bertz CT molecular complexity index is 507. The molecule has 0 saturated heterocycles. The summed E-state index contributed by atoms with van der Waals surface area (Å²) in [7, 11) is -1.85. The lowest BCUT2D eigenvalue weighted by Crippen LogP contribution is -2.46. The van der Waals surface area contributed by atoms with Crippen molar-refractivity contribution in [3.63, 3.8) is 0 Å². The van der Waals surface area contributed by atoms with Gasteiger partial charge in [-0.15, -0.1) is 16.1 Å². The number of aromatic nitrogens is 1. The molecule has 0 saturated carbocycles. The van der Waals surface area contributed by atoms with Crippen LogP contribution in [0.2, 0.25) is 18.1 Å². The number of nitrogens with zero attached hydrogens (tertiary/aromatic N) is 1. The van der Waals surface area contributed by atoms with Gasteiger partial charge in [-0.2, -0.15) is 0 Å². The van der Waals surface area contributed by atoms with E-state index in [1.54, 1.807) is 11.3 Å². The molecule has 2 atom stereocenters. The van der Waals surface area contributed by atoms with Gasteiger partial charge in [0.25, 0.3) is 0 Å². The molecule has 23 heavy (non-hydrogen) atoms. The Morgan fingerprint density at radius 2 is 1.87 bits per heavy atom. The molecule has 1 heterocycles. The summed E-state index contributed by atoms with van der Waals surface area (Å²) in [5.74, 6) is 0. The van der Waals surface area contributed by atoms with Crippen molar-refractivity contribution in [3.05, 3.63) is 16.1 Å². The molecule has 1 unspecified atom stereocenters. The van der Waals surface area contributed by atoms with Crippen molar-refractivity contribution in [2.45, 2.75) is 77.4 Å². The summed E-state index contributed by atoms with van der Waals surface area (Å²) < 4.78 is 21.8. The topological polar surface area (TPSA) is 57.2 Å². The molecule has 7 heteroatoms. The second-order valence-electron chi connectivity index (χ2n) is 8.45. The number of nitrogens with one attached hydrogen (secondary N) is 1. The SMILES string of the molecule is Cc1csc([C@@H](CO[Si](C)(C)C(C)(C)C)N[S+]([O-])C(C)(C)C)n1. The Morgan fingerprint density at radius 1 is 1.30 bits per heavy atom. The summed E-state index contributed by atoms with van der Waals surface area (Å²) in [6.07, 6.45) is 0. The maximum Gasteiger partial charge on any atom is 0.192 e. The van der Waals surface area contributed by atoms with Crippen molar-refractivity contribution in [2.75, 3.05) is 6.61 Å². The van der Waals surface area contributed by atoms with Crippen LogP contribution in [0.4, 0.5) is 0 Å².